The molecule has 1 aliphatic rings. The molecule has 1 aliphatic heterocycles. The molecule has 3 rings (SSSR count). The van der Waals surface area contributed by atoms with Crippen molar-refractivity contribution in [3.63, 3.8) is 0 Å². The van der Waals surface area contributed by atoms with Crippen molar-refractivity contribution in [2.24, 2.45) is 11.8 Å². The summed E-state index contributed by atoms with van der Waals surface area (Å²) < 4.78 is 0. The van der Waals surface area contributed by atoms with Crippen LogP contribution in [0.5, 0.6) is 0 Å². The maximum atomic E-state index is 12.5. The summed E-state index contributed by atoms with van der Waals surface area (Å²) in [5, 5.41) is 1.90. The van der Waals surface area contributed by atoms with Crippen LogP contribution in [0.2, 0.25) is 0 Å². The summed E-state index contributed by atoms with van der Waals surface area (Å²) in [4.78, 5) is 23.1. The number of thioether (sulfide) groups is 1. The van der Waals surface area contributed by atoms with Crippen LogP contribution in [-0.2, 0) is 4.79 Å². The summed E-state index contributed by atoms with van der Waals surface area (Å²) >= 11 is 1.51. The van der Waals surface area contributed by atoms with Gasteiger partial charge in [0.25, 0.3) is 0 Å². The number of nitrogens with zero attached hydrogens (tertiary/aromatic N) is 3. The third kappa shape index (κ3) is 3.40. The number of para-hydroxylation sites is 1. The third-order valence-corrected chi connectivity index (χ3v) is 5.05. The van der Waals surface area contributed by atoms with Gasteiger partial charge in [-0.15, -0.1) is 0 Å². The van der Waals surface area contributed by atoms with Crippen LogP contribution in [0.15, 0.2) is 35.6 Å². The first-order chi connectivity index (χ1) is 10.6. The van der Waals surface area contributed by atoms with Gasteiger partial charge in [-0.3, -0.25) is 4.79 Å². The normalized spacial score (nSPS) is 22.0. The van der Waals surface area contributed by atoms with E-state index in [9.17, 15) is 4.79 Å². The number of hydrogen-bond acceptors (Lipinski definition) is 4. The van der Waals surface area contributed by atoms with Crippen LogP contribution in [0, 0.1) is 11.8 Å². The average molecular weight is 315 g/mol. The molecule has 2 heterocycles. The lowest BCUT2D eigenvalue weighted by Gasteiger charge is -2.35. The number of likely N-dealkylation sites (tertiary alicyclic amines) is 1. The molecule has 1 saturated heterocycles. The summed E-state index contributed by atoms with van der Waals surface area (Å²) in [6.07, 6.45) is 2.79. The summed E-state index contributed by atoms with van der Waals surface area (Å²) in [6.45, 7) is 6.21. The zero-order chi connectivity index (χ0) is 15.5. The van der Waals surface area contributed by atoms with Gasteiger partial charge in [0.05, 0.1) is 11.3 Å². The zero-order valence-electron chi connectivity index (χ0n) is 13.0. The van der Waals surface area contributed by atoms with Crippen LogP contribution < -0.4 is 0 Å². The number of fused-ring (bicyclic) bond motifs is 1. The molecule has 0 bridgehead atoms. The second-order valence-corrected chi connectivity index (χ2v) is 7.19. The first-order valence-corrected chi connectivity index (χ1v) is 8.72. The molecule has 0 N–H and O–H groups in total. The van der Waals surface area contributed by atoms with Gasteiger partial charge >= 0.3 is 0 Å². The molecule has 2 aromatic rings. The van der Waals surface area contributed by atoms with E-state index in [1.54, 1.807) is 6.33 Å². The van der Waals surface area contributed by atoms with Crippen LogP contribution in [0.3, 0.4) is 0 Å². The summed E-state index contributed by atoms with van der Waals surface area (Å²) in [6, 6.07) is 7.92. The number of rotatable bonds is 3. The molecular formula is C17H21N3OS. The highest BCUT2D eigenvalue weighted by Crippen LogP contribution is 2.26. The lowest BCUT2D eigenvalue weighted by atomic mass is 9.92. The maximum absolute atomic E-state index is 12.5. The van der Waals surface area contributed by atoms with Crippen molar-refractivity contribution in [1.82, 2.24) is 14.9 Å². The minimum atomic E-state index is 0.214. The Morgan fingerprint density at radius 2 is 1.95 bits per heavy atom. The van der Waals surface area contributed by atoms with Crippen molar-refractivity contribution in [3.05, 3.63) is 30.6 Å². The number of amides is 1. The van der Waals surface area contributed by atoms with E-state index in [0.29, 0.717) is 17.6 Å². The summed E-state index contributed by atoms with van der Waals surface area (Å²) in [5.74, 6) is 1.85. The van der Waals surface area contributed by atoms with E-state index in [1.165, 1.54) is 18.2 Å². The molecule has 4 nitrogen and oxygen atoms in total. The van der Waals surface area contributed by atoms with Crippen molar-refractivity contribution in [2.75, 3.05) is 18.8 Å². The minimum Gasteiger partial charge on any atom is -0.341 e. The van der Waals surface area contributed by atoms with Crippen LogP contribution in [0.1, 0.15) is 20.3 Å². The van der Waals surface area contributed by atoms with Crippen molar-refractivity contribution in [2.45, 2.75) is 25.3 Å². The second kappa shape index (κ2) is 6.65. The summed E-state index contributed by atoms with van der Waals surface area (Å²) in [7, 11) is 0. The molecule has 0 saturated carbocycles. The molecule has 1 aromatic carbocycles. The van der Waals surface area contributed by atoms with E-state index < -0.39 is 0 Å². The van der Waals surface area contributed by atoms with Gasteiger partial charge in [0.15, 0.2) is 0 Å². The highest BCUT2D eigenvalue weighted by molar-refractivity contribution is 8.00. The molecular weight excluding hydrogens is 294 g/mol. The lowest BCUT2D eigenvalue weighted by molar-refractivity contribution is -0.130. The Morgan fingerprint density at radius 1 is 1.23 bits per heavy atom. The minimum absolute atomic E-state index is 0.214. The highest BCUT2D eigenvalue weighted by atomic mass is 32.2. The van der Waals surface area contributed by atoms with Gasteiger partial charge in [0.1, 0.15) is 11.4 Å². The van der Waals surface area contributed by atoms with Crippen LogP contribution in [-0.4, -0.2) is 39.6 Å². The molecule has 1 amide bonds. The standard InChI is InChI=1S/C17H21N3OS/c1-12-7-13(2)9-20(8-12)16(21)10-22-17-14-5-3-4-6-15(14)18-11-19-17/h3-6,11-13H,7-10H2,1-2H3/t12-,13-/m0/s1. The van der Waals surface area contributed by atoms with Crippen molar-refractivity contribution in [1.29, 1.82) is 0 Å². The highest BCUT2D eigenvalue weighted by Gasteiger charge is 2.25. The number of piperidine rings is 1. The van der Waals surface area contributed by atoms with Crippen LogP contribution in [0.25, 0.3) is 10.9 Å². The average Bonchev–Trinajstić information content (AvgIpc) is 2.51. The Hall–Kier alpha value is -1.62. The molecule has 2 atom stereocenters. The fourth-order valence-corrected chi connectivity index (χ4v) is 4.08. The molecule has 0 aliphatic carbocycles. The number of carbonyl (C=O) groups excluding carboxylic acids is 1. The number of aromatic nitrogens is 2. The van der Waals surface area contributed by atoms with E-state index in [-0.39, 0.29) is 5.91 Å². The van der Waals surface area contributed by atoms with E-state index in [1.807, 2.05) is 29.2 Å². The molecule has 116 valence electrons. The van der Waals surface area contributed by atoms with Gasteiger partial charge in [0.2, 0.25) is 5.91 Å². The zero-order valence-corrected chi connectivity index (χ0v) is 13.8. The summed E-state index contributed by atoms with van der Waals surface area (Å²) in [5.41, 5.74) is 0.924. The Bertz CT molecular complexity index is 661. The largest absolute Gasteiger partial charge is 0.341 e. The quantitative estimate of drug-likeness (QED) is 0.644. The number of carbonyl (C=O) groups is 1. The predicted molar refractivity (Wildman–Crippen MR) is 89.8 cm³/mol. The molecule has 22 heavy (non-hydrogen) atoms. The van der Waals surface area contributed by atoms with Gasteiger partial charge in [-0.05, 0) is 24.3 Å². The van der Waals surface area contributed by atoms with E-state index >= 15 is 0 Å². The molecule has 1 aromatic heterocycles. The molecule has 0 spiro atoms. The van der Waals surface area contributed by atoms with Gasteiger partial charge in [-0.2, -0.15) is 0 Å². The Labute approximate surface area is 135 Å². The maximum Gasteiger partial charge on any atom is 0.233 e. The lowest BCUT2D eigenvalue weighted by Crippen LogP contribution is -2.43. The molecule has 1 fully saturated rings. The van der Waals surface area contributed by atoms with Gasteiger partial charge < -0.3 is 4.90 Å². The molecule has 5 heteroatoms. The first-order valence-electron chi connectivity index (χ1n) is 7.74. The topological polar surface area (TPSA) is 46.1 Å². The predicted octanol–water partition coefficient (Wildman–Crippen LogP) is 3.23. The van der Waals surface area contributed by atoms with E-state index in [2.05, 4.69) is 23.8 Å². The Kier molecular flexibility index (Phi) is 4.62. The smallest absolute Gasteiger partial charge is 0.233 e. The number of benzene rings is 1. The van der Waals surface area contributed by atoms with Crippen molar-refractivity contribution in [3.8, 4) is 0 Å². The van der Waals surface area contributed by atoms with Crippen LogP contribution >= 0.6 is 11.8 Å². The third-order valence-electron chi connectivity index (χ3n) is 4.06. The van der Waals surface area contributed by atoms with E-state index in [0.717, 1.165) is 29.0 Å². The molecule has 0 unspecified atom stereocenters. The fraction of sp³-hybridized carbons (Fsp3) is 0.471. The van der Waals surface area contributed by atoms with Gasteiger partial charge in [0, 0.05) is 18.5 Å². The van der Waals surface area contributed by atoms with Gasteiger partial charge in [-0.25, -0.2) is 9.97 Å². The fourth-order valence-electron chi connectivity index (χ4n) is 3.18. The monoisotopic (exact) mass is 315 g/mol. The Morgan fingerprint density at radius 3 is 2.73 bits per heavy atom. The first kappa shape index (κ1) is 15.3. The Balaban J connectivity index is 1.67. The molecule has 0 radical (unpaired) electrons. The van der Waals surface area contributed by atoms with Gasteiger partial charge in [-0.1, -0.05) is 43.8 Å². The number of hydrogen-bond donors (Lipinski definition) is 0. The van der Waals surface area contributed by atoms with Crippen molar-refractivity contribution >= 4 is 28.6 Å². The SMILES string of the molecule is C[C@H]1C[C@H](C)CN(C(=O)CSc2ncnc3ccccc23)C1. The van der Waals surface area contributed by atoms with Crippen LogP contribution in [0.4, 0.5) is 0 Å². The van der Waals surface area contributed by atoms with Crippen molar-refractivity contribution < 1.29 is 4.79 Å². The second-order valence-electron chi connectivity index (χ2n) is 6.23. The van der Waals surface area contributed by atoms with E-state index in [4.69, 9.17) is 0 Å².